The third-order valence-corrected chi connectivity index (χ3v) is 1.94. The minimum atomic E-state index is -0.954. The molecule has 13 heavy (non-hydrogen) atoms. The van der Waals surface area contributed by atoms with Gasteiger partial charge in [0, 0.05) is 6.21 Å². The molecule has 1 N–H and O–H groups in total. The molecule has 4 nitrogen and oxygen atoms in total. The molecule has 0 aromatic heterocycles. The van der Waals surface area contributed by atoms with Crippen LogP contribution in [-0.4, -0.2) is 37.0 Å². The predicted octanol–water partition coefficient (Wildman–Crippen LogP) is 0.169. The molecule has 72 valence electrons. The molecule has 0 saturated heterocycles. The van der Waals surface area contributed by atoms with Crippen LogP contribution in [0.5, 0.6) is 0 Å². The Morgan fingerprint density at radius 3 is 3.00 bits per heavy atom. The van der Waals surface area contributed by atoms with Crippen LogP contribution in [0.4, 0.5) is 0 Å². The van der Waals surface area contributed by atoms with Crippen LogP contribution in [0.3, 0.4) is 0 Å². The van der Waals surface area contributed by atoms with Gasteiger partial charge in [-0.1, -0.05) is 6.08 Å². The van der Waals surface area contributed by atoms with Gasteiger partial charge >= 0.3 is 5.97 Å². The lowest BCUT2D eigenvalue weighted by molar-refractivity contribution is -0.153. The third-order valence-electron chi connectivity index (χ3n) is 1.94. The minimum Gasteiger partial charge on any atom is -0.465 e. The molecule has 0 amide bonds. The van der Waals surface area contributed by atoms with Crippen molar-refractivity contribution in [2.24, 2.45) is 10.4 Å². The molecule has 1 aliphatic rings. The number of nitrogens with zero attached hydrogens (tertiary/aromatic N) is 1. The standard InChI is InChI=1S/C9H13NO3/c1-2-13-8(12)9(7-11)4-3-5-10-6-9/h3-5,11H,2,6-7H2,1H3. The van der Waals surface area contributed by atoms with Crippen molar-refractivity contribution < 1.29 is 14.6 Å². The largest absolute Gasteiger partial charge is 0.465 e. The van der Waals surface area contributed by atoms with Crippen LogP contribution in [0.1, 0.15) is 6.92 Å². The molecule has 0 saturated carbocycles. The molecule has 0 spiro atoms. The second-order valence-corrected chi connectivity index (χ2v) is 2.88. The Morgan fingerprint density at radius 1 is 1.77 bits per heavy atom. The van der Waals surface area contributed by atoms with Gasteiger partial charge in [0.1, 0.15) is 5.41 Å². The van der Waals surface area contributed by atoms with E-state index in [0.717, 1.165) is 0 Å². The van der Waals surface area contributed by atoms with Crippen molar-refractivity contribution >= 4 is 12.2 Å². The summed E-state index contributed by atoms with van der Waals surface area (Å²) in [5, 5.41) is 9.11. The third kappa shape index (κ3) is 1.95. The van der Waals surface area contributed by atoms with Crippen molar-refractivity contribution in [3.05, 3.63) is 12.2 Å². The fourth-order valence-corrected chi connectivity index (χ4v) is 1.13. The molecule has 4 heteroatoms. The van der Waals surface area contributed by atoms with Gasteiger partial charge in [0.15, 0.2) is 0 Å². The molecule has 0 aromatic carbocycles. The normalized spacial score (nSPS) is 26.0. The van der Waals surface area contributed by atoms with E-state index in [9.17, 15) is 4.79 Å². The molecule has 1 aliphatic heterocycles. The zero-order valence-electron chi connectivity index (χ0n) is 7.56. The Morgan fingerprint density at radius 2 is 2.54 bits per heavy atom. The van der Waals surface area contributed by atoms with Gasteiger partial charge in [-0.05, 0) is 13.0 Å². The van der Waals surface area contributed by atoms with Gasteiger partial charge in [-0.15, -0.1) is 0 Å². The van der Waals surface area contributed by atoms with E-state index in [0.29, 0.717) is 6.61 Å². The summed E-state index contributed by atoms with van der Waals surface area (Å²) >= 11 is 0. The van der Waals surface area contributed by atoms with Crippen molar-refractivity contribution in [1.82, 2.24) is 0 Å². The van der Waals surface area contributed by atoms with Gasteiger partial charge in [0.05, 0.1) is 19.8 Å². The van der Waals surface area contributed by atoms with E-state index in [1.54, 1.807) is 25.3 Å². The van der Waals surface area contributed by atoms with E-state index >= 15 is 0 Å². The topological polar surface area (TPSA) is 58.9 Å². The van der Waals surface area contributed by atoms with Crippen LogP contribution in [-0.2, 0) is 9.53 Å². The molecule has 1 atom stereocenters. The van der Waals surface area contributed by atoms with E-state index in [1.807, 2.05) is 0 Å². The Balaban J connectivity index is 2.75. The first-order valence-corrected chi connectivity index (χ1v) is 4.21. The second kappa shape index (κ2) is 4.18. The lowest BCUT2D eigenvalue weighted by Gasteiger charge is -2.25. The van der Waals surface area contributed by atoms with Crippen molar-refractivity contribution in [3.8, 4) is 0 Å². The summed E-state index contributed by atoms with van der Waals surface area (Å²) in [5.41, 5.74) is -0.954. The molecule has 0 bridgehead atoms. The van der Waals surface area contributed by atoms with Gasteiger partial charge in [0.25, 0.3) is 0 Å². The maximum atomic E-state index is 11.4. The summed E-state index contributed by atoms with van der Waals surface area (Å²) in [4.78, 5) is 15.4. The first-order chi connectivity index (χ1) is 6.25. The number of aliphatic hydroxyl groups excluding tert-OH is 1. The minimum absolute atomic E-state index is 0.263. The second-order valence-electron chi connectivity index (χ2n) is 2.88. The summed E-state index contributed by atoms with van der Waals surface area (Å²) < 4.78 is 4.85. The van der Waals surface area contributed by atoms with Gasteiger partial charge in [-0.25, -0.2) is 0 Å². The SMILES string of the molecule is CCOC(=O)C1(CO)C=CC=NC1. The van der Waals surface area contributed by atoms with Gasteiger partial charge in [-0.3, -0.25) is 9.79 Å². The molecule has 1 rings (SSSR count). The van der Waals surface area contributed by atoms with Crippen LogP contribution in [0.2, 0.25) is 0 Å². The summed E-state index contributed by atoms with van der Waals surface area (Å²) in [6, 6.07) is 0. The van der Waals surface area contributed by atoms with Crippen molar-refractivity contribution in [1.29, 1.82) is 0 Å². The van der Waals surface area contributed by atoms with Crippen LogP contribution >= 0.6 is 0 Å². The number of hydrogen-bond acceptors (Lipinski definition) is 4. The zero-order valence-corrected chi connectivity index (χ0v) is 7.56. The number of esters is 1. The smallest absolute Gasteiger partial charge is 0.320 e. The number of ether oxygens (including phenoxy) is 1. The predicted molar refractivity (Wildman–Crippen MR) is 48.7 cm³/mol. The Kier molecular flexibility index (Phi) is 3.19. The molecule has 1 heterocycles. The summed E-state index contributed by atoms with van der Waals surface area (Å²) in [5.74, 6) is -0.411. The van der Waals surface area contributed by atoms with Gasteiger partial charge in [0.2, 0.25) is 0 Å². The molecule has 0 aliphatic carbocycles. The molecular weight excluding hydrogens is 170 g/mol. The highest BCUT2D eigenvalue weighted by atomic mass is 16.5. The Hall–Kier alpha value is -1.16. The molecular formula is C9H13NO3. The summed E-state index contributed by atoms with van der Waals surface area (Å²) in [7, 11) is 0. The number of dihydropyridines is 1. The highest BCUT2D eigenvalue weighted by Gasteiger charge is 2.37. The fraction of sp³-hybridized carbons (Fsp3) is 0.556. The Labute approximate surface area is 76.9 Å². The van der Waals surface area contributed by atoms with Crippen LogP contribution < -0.4 is 0 Å². The maximum Gasteiger partial charge on any atom is 0.320 e. The van der Waals surface area contributed by atoms with E-state index in [2.05, 4.69) is 4.99 Å². The fourth-order valence-electron chi connectivity index (χ4n) is 1.13. The summed E-state index contributed by atoms with van der Waals surface area (Å²) in [6.45, 7) is 2.05. The van der Waals surface area contributed by atoms with Crippen molar-refractivity contribution in [3.63, 3.8) is 0 Å². The monoisotopic (exact) mass is 183 g/mol. The quantitative estimate of drug-likeness (QED) is 0.634. The number of hydrogen-bond donors (Lipinski definition) is 1. The first kappa shape index (κ1) is 9.92. The van der Waals surface area contributed by atoms with Crippen molar-refractivity contribution in [2.45, 2.75) is 6.92 Å². The van der Waals surface area contributed by atoms with Crippen LogP contribution in [0.25, 0.3) is 0 Å². The van der Waals surface area contributed by atoms with Gasteiger partial charge in [-0.2, -0.15) is 0 Å². The van der Waals surface area contributed by atoms with Gasteiger partial charge < -0.3 is 9.84 Å². The molecule has 1 unspecified atom stereocenters. The van der Waals surface area contributed by atoms with Crippen molar-refractivity contribution in [2.75, 3.05) is 19.8 Å². The number of carbonyl (C=O) groups excluding carboxylic acids is 1. The number of rotatable bonds is 3. The average Bonchev–Trinajstić information content (AvgIpc) is 2.19. The molecule has 0 aromatic rings. The highest BCUT2D eigenvalue weighted by molar-refractivity contribution is 5.84. The zero-order chi connectivity index (χ0) is 9.73. The van der Waals surface area contributed by atoms with E-state index in [4.69, 9.17) is 9.84 Å². The summed E-state index contributed by atoms with van der Waals surface area (Å²) in [6.07, 6.45) is 4.89. The average molecular weight is 183 g/mol. The van der Waals surface area contributed by atoms with Crippen LogP contribution in [0.15, 0.2) is 17.1 Å². The lowest BCUT2D eigenvalue weighted by atomic mass is 9.87. The number of aliphatic imine (C=N–C) groups is 1. The number of allylic oxidation sites excluding steroid dienone is 1. The first-order valence-electron chi connectivity index (χ1n) is 4.21. The van der Waals surface area contributed by atoms with E-state index in [1.165, 1.54) is 0 Å². The maximum absolute atomic E-state index is 11.4. The number of aliphatic hydroxyl groups is 1. The van der Waals surface area contributed by atoms with Crippen LogP contribution in [0, 0.1) is 5.41 Å². The molecule has 0 fully saturated rings. The van der Waals surface area contributed by atoms with E-state index < -0.39 is 11.4 Å². The Bertz CT molecular complexity index is 247. The molecule has 0 radical (unpaired) electrons. The lowest BCUT2D eigenvalue weighted by Crippen LogP contribution is -2.38. The van der Waals surface area contributed by atoms with E-state index in [-0.39, 0.29) is 13.2 Å². The highest BCUT2D eigenvalue weighted by Crippen LogP contribution is 2.23. The number of carbonyl (C=O) groups is 1.